The Hall–Kier alpha value is -1.04. The minimum Gasteiger partial charge on any atom is -0.387 e. The number of aliphatic hydroxyl groups is 1. The van der Waals surface area contributed by atoms with E-state index in [0.717, 1.165) is 32.5 Å². The number of likely N-dealkylation sites (N-methyl/N-ethyl adjacent to an activating group) is 1. The highest BCUT2D eigenvalue weighted by Gasteiger charge is 2.22. The van der Waals surface area contributed by atoms with Gasteiger partial charge in [-0.25, -0.2) is 8.78 Å². The highest BCUT2D eigenvalue weighted by molar-refractivity contribution is 5.22. The Morgan fingerprint density at radius 1 is 1.29 bits per heavy atom. The van der Waals surface area contributed by atoms with Crippen molar-refractivity contribution < 1.29 is 13.9 Å². The first-order valence-electron chi connectivity index (χ1n) is 7.46. The molecule has 1 aliphatic heterocycles. The second-order valence-electron chi connectivity index (χ2n) is 6.12. The second kappa shape index (κ2) is 7.29. The maximum Gasteiger partial charge on any atom is 0.131 e. The third-order valence-corrected chi connectivity index (χ3v) is 4.23. The predicted molar refractivity (Wildman–Crippen MR) is 79.0 cm³/mol. The van der Waals surface area contributed by atoms with Crippen LogP contribution in [0.25, 0.3) is 0 Å². The van der Waals surface area contributed by atoms with Crippen molar-refractivity contribution in [3.63, 3.8) is 0 Å². The number of benzene rings is 1. The number of halogens is 2. The Kier molecular flexibility index (Phi) is 5.67. The number of hydrogen-bond donors (Lipinski definition) is 1. The molecule has 1 heterocycles. The molecule has 1 aromatic carbocycles. The van der Waals surface area contributed by atoms with Gasteiger partial charge < -0.3 is 14.9 Å². The van der Waals surface area contributed by atoms with Crippen LogP contribution in [0, 0.1) is 17.6 Å². The summed E-state index contributed by atoms with van der Waals surface area (Å²) in [6.45, 7) is 3.26. The molecule has 1 aromatic rings. The summed E-state index contributed by atoms with van der Waals surface area (Å²) in [6.07, 6.45) is 1.12. The molecule has 0 amide bonds. The van der Waals surface area contributed by atoms with Gasteiger partial charge in [0.25, 0.3) is 0 Å². The zero-order valence-electron chi connectivity index (χ0n) is 12.7. The summed E-state index contributed by atoms with van der Waals surface area (Å²) in [5.74, 6) is -0.783. The van der Waals surface area contributed by atoms with E-state index in [9.17, 15) is 13.9 Å². The summed E-state index contributed by atoms with van der Waals surface area (Å²) in [7, 11) is 4.00. The monoisotopic (exact) mass is 298 g/mol. The van der Waals surface area contributed by atoms with Gasteiger partial charge in [-0.2, -0.15) is 0 Å². The third kappa shape index (κ3) is 4.46. The summed E-state index contributed by atoms with van der Waals surface area (Å²) in [6, 6.07) is 3.67. The van der Waals surface area contributed by atoms with Gasteiger partial charge in [0, 0.05) is 13.1 Å². The zero-order valence-corrected chi connectivity index (χ0v) is 12.7. The lowest BCUT2D eigenvalue weighted by molar-refractivity contribution is 0.101. The lowest BCUT2D eigenvalue weighted by Crippen LogP contribution is -2.37. The van der Waals surface area contributed by atoms with E-state index in [-0.39, 0.29) is 12.1 Å². The number of nitrogens with zero attached hydrogens (tertiary/aromatic N) is 2. The highest BCUT2D eigenvalue weighted by atomic mass is 19.1. The summed E-state index contributed by atoms with van der Waals surface area (Å²) in [4.78, 5) is 4.27. The molecule has 0 bridgehead atoms. The van der Waals surface area contributed by atoms with Crippen molar-refractivity contribution in [3.05, 3.63) is 35.4 Å². The summed E-state index contributed by atoms with van der Waals surface area (Å²) < 4.78 is 27.3. The Morgan fingerprint density at radius 3 is 2.43 bits per heavy atom. The van der Waals surface area contributed by atoms with Crippen molar-refractivity contribution in [1.82, 2.24) is 9.80 Å². The molecule has 1 atom stereocenters. The van der Waals surface area contributed by atoms with E-state index in [2.05, 4.69) is 11.9 Å². The van der Waals surface area contributed by atoms with Crippen molar-refractivity contribution >= 4 is 0 Å². The molecule has 1 fully saturated rings. The lowest BCUT2D eigenvalue weighted by Gasteiger charge is -2.32. The first-order chi connectivity index (χ1) is 9.97. The Bertz CT molecular complexity index is 441. The normalized spacial score (nSPS) is 19.1. The maximum absolute atomic E-state index is 13.6. The van der Waals surface area contributed by atoms with Crippen molar-refractivity contribution in [1.29, 1.82) is 0 Å². The molecular weight excluding hydrogens is 274 g/mol. The molecular formula is C16H24F2N2O. The number of rotatable bonds is 5. The van der Waals surface area contributed by atoms with Gasteiger partial charge in [0.15, 0.2) is 0 Å². The molecule has 118 valence electrons. The van der Waals surface area contributed by atoms with Crippen LogP contribution in [0.4, 0.5) is 8.78 Å². The second-order valence-corrected chi connectivity index (χ2v) is 6.12. The van der Waals surface area contributed by atoms with Gasteiger partial charge in [0.2, 0.25) is 0 Å². The minimum atomic E-state index is -1.14. The van der Waals surface area contributed by atoms with Gasteiger partial charge in [-0.1, -0.05) is 6.07 Å². The maximum atomic E-state index is 13.6. The molecule has 0 aromatic heterocycles. The minimum absolute atomic E-state index is 0.229. The van der Waals surface area contributed by atoms with Gasteiger partial charge in [0.05, 0.1) is 11.7 Å². The molecule has 0 radical (unpaired) electrons. The van der Waals surface area contributed by atoms with Crippen LogP contribution in [0.3, 0.4) is 0 Å². The van der Waals surface area contributed by atoms with Crippen LogP contribution in [0.1, 0.15) is 24.5 Å². The van der Waals surface area contributed by atoms with Crippen molar-refractivity contribution in [2.24, 2.45) is 5.92 Å². The molecule has 1 unspecified atom stereocenters. The molecule has 1 saturated heterocycles. The Labute approximate surface area is 125 Å². The van der Waals surface area contributed by atoms with Crippen molar-refractivity contribution in [3.8, 4) is 0 Å². The van der Waals surface area contributed by atoms with Crippen LogP contribution < -0.4 is 0 Å². The molecule has 0 aliphatic carbocycles. The van der Waals surface area contributed by atoms with Crippen LogP contribution in [0.15, 0.2) is 18.2 Å². The quantitative estimate of drug-likeness (QED) is 0.903. The number of piperidine rings is 1. The van der Waals surface area contributed by atoms with Gasteiger partial charge in [0.1, 0.15) is 11.6 Å². The molecule has 1 aliphatic rings. The fourth-order valence-corrected chi connectivity index (χ4v) is 2.98. The van der Waals surface area contributed by atoms with Gasteiger partial charge in [-0.15, -0.1) is 0 Å². The standard InChI is InChI=1S/C16H24F2N2O/c1-19-8-6-12(7-9-19)10-20(2)11-15(21)16-13(17)4-3-5-14(16)18/h3-5,12,15,21H,6-11H2,1-2H3. The molecule has 5 heteroatoms. The van der Waals surface area contributed by atoms with Crippen LogP contribution in [0.5, 0.6) is 0 Å². The average Bonchev–Trinajstić information content (AvgIpc) is 2.41. The fraction of sp³-hybridized carbons (Fsp3) is 0.625. The van der Waals surface area contributed by atoms with Crippen LogP contribution in [0.2, 0.25) is 0 Å². The van der Waals surface area contributed by atoms with Crippen molar-refractivity contribution in [2.75, 3.05) is 40.3 Å². The fourth-order valence-electron chi connectivity index (χ4n) is 2.98. The molecule has 0 saturated carbocycles. The topological polar surface area (TPSA) is 26.7 Å². The van der Waals surface area contributed by atoms with E-state index in [0.29, 0.717) is 5.92 Å². The van der Waals surface area contributed by atoms with E-state index in [1.165, 1.54) is 18.2 Å². The molecule has 3 nitrogen and oxygen atoms in total. The van der Waals surface area contributed by atoms with E-state index in [4.69, 9.17) is 0 Å². The predicted octanol–water partition coefficient (Wildman–Crippen LogP) is 2.27. The molecule has 1 N–H and O–H groups in total. The number of likely N-dealkylation sites (tertiary alicyclic amines) is 1. The van der Waals surface area contributed by atoms with Crippen molar-refractivity contribution in [2.45, 2.75) is 18.9 Å². The van der Waals surface area contributed by atoms with Crippen LogP contribution in [-0.2, 0) is 0 Å². The lowest BCUT2D eigenvalue weighted by atomic mass is 9.96. The van der Waals surface area contributed by atoms with E-state index >= 15 is 0 Å². The van der Waals surface area contributed by atoms with Crippen LogP contribution >= 0.6 is 0 Å². The number of hydrogen-bond acceptors (Lipinski definition) is 3. The zero-order chi connectivity index (χ0) is 15.4. The first-order valence-corrected chi connectivity index (χ1v) is 7.46. The first kappa shape index (κ1) is 16.3. The Morgan fingerprint density at radius 2 is 1.86 bits per heavy atom. The van der Waals surface area contributed by atoms with Gasteiger partial charge in [-0.05, 0) is 58.1 Å². The summed E-state index contributed by atoms with van der Waals surface area (Å²) in [5, 5.41) is 10.1. The van der Waals surface area contributed by atoms with E-state index < -0.39 is 17.7 Å². The van der Waals surface area contributed by atoms with Gasteiger partial charge >= 0.3 is 0 Å². The Balaban J connectivity index is 1.88. The van der Waals surface area contributed by atoms with E-state index in [1.807, 2.05) is 11.9 Å². The number of aliphatic hydroxyl groups excluding tert-OH is 1. The highest BCUT2D eigenvalue weighted by Crippen LogP contribution is 2.22. The smallest absolute Gasteiger partial charge is 0.131 e. The third-order valence-electron chi connectivity index (χ3n) is 4.23. The molecule has 0 spiro atoms. The SMILES string of the molecule is CN1CCC(CN(C)CC(O)c2c(F)cccc2F)CC1. The summed E-state index contributed by atoms with van der Waals surface area (Å²) >= 11 is 0. The van der Waals surface area contributed by atoms with E-state index in [1.54, 1.807) is 0 Å². The largest absolute Gasteiger partial charge is 0.387 e. The van der Waals surface area contributed by atoms with Gasteiger partial charge in [-0.3, -0.25) is 0 Å². The van der Waals surface area contributed by atoms with Crippen LogP contribution in [-0.4, -0.2) is 55.2 Å². The molecule has 2 rings (SSSR count). The summed E-state index contributed by atoms with van der Waals surface area (Å²) in [5.41, 5.74) is -0.229. The average molecular weight is 298 g/mol. The molecule has 21 heavy (non-hydrogen) atoms.